The third-order valence-electron chi connectivity index (χ3n) is 2.33. The summed E-state index contributed by atoms with van der Waals surface area (Å²) < 4.78 is 0. The quantitative estimate of drug-likeness (QED) is 0.309. The number of hydrogen-bond donors (Lipinski definition) is 5. The van der Waals surface area contributed by atoms with Crippen molar-refractivity contribution in [1.82, 2.24) is 9.80 Å². The Labute approximate surface area is 140 Å². The lowest BCUT2D eigenvalue weighted by Crippen LogP contribution is -2.34. The highest BCUT2D eigenvalue weighted by Gasteiger charge is 2.10. The minimum absolute atomic E-state index is 0.219. The lowest BCUT2D eigenvalue weighted by molar-refractivity contribution is -0.143. The second-order valence-electron chi connectivity index (χ2n) is 4.18. The number of nitrogens with zero attached hydrogens (tertiary/aromatic N) is 2. The second-order valence-corrected chi connectivity index (χ2v) is 4.18. The molecule has 0 atom stereocenters. The van der Waals surface area contributed by atoms with Crippen molar-refractivity contribution in [3.05, 3.63) is 0 Å². The lowest BCUT2D eigenvalue weighted by atomic mass is 10.4. The van der Waals surface area contributed by atoms with Crippen LogP contribution in [-0.4, -0.2) is 100 Å². The van der Waals surface area contributed by atoms with Crippen LogP contribution in [-0.2, 0) is 19.2 Å². The van der Waals surface area contributed by atoms with Crippen molar-refractivity contribution in [2.75, 3.05) is 46.3 Å². The van der Waals surface area contributed by atoms with Crippen LogP contribution in [0.4, 0.5) is 0 Å². The summed E-state index contributed by atoms with van der Waals surface area (Å²) in [6.45, 7) is 3.41. The molecule has 11 nitrogen and oxygen atoms in total. The molecule has 0 bridgehead atoms. The maximum atomic E-state index is 10.1. The monoisotopic (exact) mass is 353 g/mol. The summed E-state index contributed by atoms with van der Waals surface area (Å²) in [4.78, 5) is 43.1. The van der Waals surface area contributed by atoms with Gasteiger partial charge in [-0.25, -0.2) is 0 Å². The van der Waals surface area contributed by atoms with Gasteiger partial charge in [-0.2, -0.15) is 0 Å². The number of likely N-dealkylation sites (N-methyl/N-ethyl adjacent to an activating group) is 2. The van der Waals surface area contributed by atoms with Crippen molar-refractivity contribution in [2.24, 2.45) is 5.73 Å². The Bertz CT molecular complexity index is 321. The van der Waals surface area contributed by atoms with Crippen LogP contribution < -0.4 is 5.73 Å². The fourth-order valence-corrected chi connectivity index (χ4v) is 1.32. The van der Waals surface area contributed by atoms with Crippen LogP contribution >= 0.6 is 0 Å². The topological polar surface area (TPSA) is 182 Å². The molecule has 0 spiro atoms. The van der Waals surface area contributed by atoms with Crippen LogP contribution in [0.2, 0.25) is 0 Å². The van der Waals surface area contributed by atoms with Gasteiger partial charge in [0.25, 0.3) is 0 Å². The van der Waals surface area contributed by atoms with Gasteiger partial charge in [-0.3, -0.25) is 29.0 Å². The zero-order valence-corrected chi connectivity index (χ0v) is 14.1. The van der Waals surface area contributed by atoms with E-state index in [9.17, 15) is 19.2 Å². The van der Waals surface area contributed by atoms with Gasteiger partial charge in [-0.1, -0.05) is 13.8 Å². The first-order valence-electron chi connectivity index (χ1n) is 7.01. The third kappa shape index (κ3) is 22.0. The third-order valence-corrected chi connectivity index (χ3v) is 2.33. The van der Waals surface area contributed by atoms with Crippen molar-refractivity contribution >= 4 is 23.9 Å². The molecule has 0 aliphatic heterocycles. The van der Waals surface area contributed by atoms with Gasteiger partial charge in [0.15, 0.2) is 0 Å². The molecule has 0 heterocycles. The number of nitrogens with two attached hydrogens (primary N) is 1. The van der Waals surface area contributed by atoms with E-state index < -0.39 is 23.9 Å². The summed E-state index contributed by atoms with van der Waals surface area (Å²) in [5, 5.41) is 33.2. The van der Waals surface area contributed by atoms with Crippen LogP contribution in [0.15, 0.2) is 0 Å². The minimum Gasteiger partial charge on any atom is -0.480 e. The Hall–Kier alpha value is -2.24. The standard InChI is InChI=1S/2C6H11NO4.CH5N/c2*1-2-7(3-5(8)9)4-6(10)11;1-2/h2*2-4H2,1H3,(H,8,9)(H,10,11);2H2,1H3. The number of rotatable bonds is 10. The van der Waals surface area contributed by atoms with Gasteiger partial charge in [0.1, 0.15) is 0 Å². The first-order chi connectivity index (χ1) is 11.1. The Morgan fingerprint density at radius 2 is 0.792 bits per heavy atom. The van der Waals surface area contributed by atoms with Gasteiger partial charge in [0, 0.05) is 0 Å². The average Bonchev–Trinajstić information content (AvgIpc) is 2.46. The molecule has 0 aromatic rings. The first-order valence-corrected chi connectivity index (χ1v) is 7.01. The van der Waals surface area contributed by atoms with Crippen LogP contribution in [0, 0.1) is 0 Å². The van der Waals surface area contributed by atoms with E-state index >= 15 is 0 Å². The Morgan fingerprint density at radius 3 is 0.875 bits per heavy atom. The average molecular weight is 353 g/mol. The highest BCUT2D eigenvalue weighted by atomic mass is 16.4. The van der Waals surface area contributed by atoms with E-state index in [-0.39, 0.29) is 26.2 Å². The summed E-state index contributed by atoms with van der Waals surface area (Å²) in [5.41, 5.74) is 4.50. The van der Waals surface area contributed by atoms with E-state index in [1.54, 1.807) is 13.8 Å². The van der Waals surface area contributed by atoms with Crippen molar-refractivity contribution < 1.29 is 39.6 Å². The molecule has 0 aromatic carbocycles. The summed E-state index contributed by atoms with van der Waals surface area (Å²) in [7, 11) is 1.50. The van der Waals surface area contributed by atoms with E-state index in [1.165, 1.54) is 16.8 Å². The smallest absolute Gasteiger partial charge is 0.317 e. The molecular weight excluding hydrogens is 326 g/mol. The predicted octanol–water partition coefficient (Wildman–Crippen LogP) is -1.47. The van der Waals surface area contributed by atoms with Crippen molar-refractivity contribution in [3.63, 3.8) is 0 Å². The van der Waals surface area contributed by atoms with Crippen molar-refractivity contribution in [1.29, 1.82) is 0 Å². The number of carboxylic acid groups (broad SMARTS) is 4. The lowest BCUT2D eigenvalue weighted by Gasteiger charge is -2.14. The molecule has 0 radical (unpaired) electrons. The molecule has 6 N–H and O–H groups in total. The molecule has 0 amide bonds. The van der Waals surface area contributed by atoms with Crippen LogP contribution in [0.25, 0.3) is 0 Å². The molecule has 24 heavy (non-hydrogen) atoms. The number of carbonyl (C=O) groups is 4. The fourth-order valence-electron chi connectivity index (χ4n) is 1.32. The molecule has 0 saturated heterocycles. The van der Waals surface area contributed by atoms with Gasteiger partial charge in [-0.05, 0) is 20.1 Å². The molecule has 0 rings (SSSR count). The van der Waals surface area contributed by atoms with E-state index in [2.05, 4.69) is 5.73 Å². The van der Waals surface area contributed by atoms with E-state index in [4.69, 9.17) is 20.4 Å². The normalized spacial score (nSPS) is 9.42. The molecule has 0 aliphatic carbocycles. The van der Waals surface area contributed by atoms with Gasteiger partial charge in [0.05, 0.1) is 26.2 Å². The SMILES string of the molecule is CCN(CC(=O)O)CC(=O)O.CCN(CC(=O)O)CC(=O)O.CN. The van der Waals surface area contributed by atoms with Gasteiger partial charge in [-0.15, -0.1) is 0 Å². The van der Waals surface area contributed by atoms with Crippen molar-refractivity contribution in [3.8, 4) is 0 Å². The Morgan fingerprint density at radius 1 is 0.625 bits per heavy atom. The van der Waals surface area contributed by atoms with Crippen LogP contribution in [0.1, 0.15) is 13.8 Å². The predicted molar refractivity (Wildman–Crippen MR) is 84.9 cm³/mol. The van der Waals surface area contributed by atoms with E-state index in [1.807, 2.05) is 0 Å². The second kappa shape index (κ2) is 17.1. The molecule has 0 aliphatic rings. The van der Waals surface area contributed by atoms with Gasteiger partial charge < -0.3 is 26.2 Å². The molecule has 0 fully saturated rings. The van der Waals surface area contributed by atoms with E-state index in [0.29, 0.717) is 13.1 Å². The zero-order chi connectivity index (χ0) is 19.7. The number of carboxylic acids is 4. The van der Waals surface area contributed by atoms with Gasteiger partial charge in [0.2, 0.25) is 0 Å². The molecule has 142 valence electrons. The Balaban J connectivity index is -0.000000333. The summed E-state index contributed by atoms with van der Waals surface area (Å²) >= 11 is 0. The zero-order valence-electron chi connectivity index (χ0n) is 14.1. The van der Waals surface area contributed by atoms with E-state index in [0.717, 1.165) is 0 Å². The highest BCUT2D eigenvalue weighted by Crippen LogP contribution is 1.86. The summed E-state index contributed by atoms with van der Waals surface area (Å²) in [5.74, 6) is -4.03. The number of aliphatic carboxylic acids is 4. The number of hydrogen-bond acceptors (Lipinski definition) is 7. The molecule has 11 heteroatoms. The maximum absolute atomic E-state index is 10.1. The van der Waals surface area contributed by atoms with Crippen molar-refractivity contribution in [2.45, 2.75) is 13.8 Å². The van der Waals surface area contributed by atoms with Crippen LogP contribution in [0.5, 0.6) is 0 Å². The Kier molecular flexibility index (Phi) is 19.0. The maximum Gasteiger partial charge on any atom is 0.317 e. The van der Waals surface area contributed by atoms with Gasteiger partial charge >= 0.3 is 23.9 Å². The summed E-state index contributed by atoms with van der Waals surface area (Å²) in [6.07, 6.45) is 0. The largest absolute Gasteiger partial charge is 0.480 e. The molecule has 0 aromatic heterocycles. The first kappa shape index (κ1) is 26.6. The molecule has 0 unspecified atom stereocenters. The molecular formula is C13H27N3O8. The highest BCUT2D eigenvalue weighted by molar-refractivity contribution is 5.73. The molecule has 0 saturated carbocycles. The fraction of sp³-hybridized carbons (Fsp3) is 0.692. The van der Waals surface area contributed by atoms with Crippen LogP contribution in [0.3, 0.4) is 0 Å². The summed E-state index contributed by atoms with van der Waals surface area (Å²) in [6, 6.07) is 0. The minimum atomic E-state index is -1.01.